The maximum Gasteiger partial charge on any atom is 0.261 e. The SMILES string of the molecule is CC[C@@H](Oc1ccc(Cl)c(C)c1)C(=O)NCc1ccccc1CN1CCCC1. The van der Waals surface area contributed by atoms with E-state index in [2.05, 4.69) is 28.4 Å². The Balaban J connectivity index is 1.59. The minimum atomic E-state index is -0.522. The molecule has 1 aliphatic rings. The van der Waals surface area contributed by atoms with E-state index in [0.29, 0.717) is 23.7 Å². The lowest BCUT2D eigenvalue weighted by atomic mass is 10.1. The van der Waals surface area contributed by atoms with E-state index in [-0.39, 0.29) is 5.91 Å². The summed E-state index contributed by atoms with van der Waals surface area (Å²) in [7, 11) is 0. The highest BCUT2D eigenvalue weighted by molar-refractivity contribution is 6.31. The number of carbonyl (C=O) groups is 1. The normalized spacial score (nSPS) is 15.4. The maximum absolute atomic E-state index is 12.7. The third-order valence-electron chi connectivity index (χ3n) is 5.24. The van der Waals surface area contributed by atoms with E-state index in [0.717, 1.165) is 25.2 Å². The van der Waals surface area contributed by atoms with Gasteiger partial charge in [-0.1, -0.05) is 42.8 Å². The molecule has 1 aliphatic heterocycles. The summed E-state index contributed by atoms with van der Waals surface area (Å²) in [5.74, 6) is 0.574. The zero-order chi connectivity index (χ0) is 19.9. The lowest BCUT2D eigenvalue weighted by Gasteiger charge is -2.20. The standard InChI is InChI=1S/C23H29ClN2O2/c1-3-22(28-20-10-11-21(24)17(2)14-20)23(27)25-15-18-8-4-5-9-19(18)16-26-12-6-7-13-26/h4-5,8-11,14,22H,3,6-7,12-13,15-16H2,1-2H3,(H,25,27)/t22-/m1/s1. The average Bonchev–Trinajstić information content (AvgIpc) is 3.21. The third-order valence-corrected chi connectivity index (χ3v) is 5.66. The first kappa shape index (κ1) is 20.7. The summed E-state index contributed by atoms with van der Waals surface area (Å²) in [5.41, 5.74) is 3.39. The quantitative estimate of drug-likeness (QED) is 0.697. The predicted octanol–water partition coefficient (Wildman–Crippen LogP) is 4.72. The van der Waals surface area contributed by atoms with Gasteiger partial charge in [-0.25, -0.2) is 0 Å². The van der Waals surface area contributed by atoms with Crippen molar-refractivity contribution in [3.05, 3.63) is 64.2 Å². The van der Waals surface area contributed by atoms with Gasteiger partial charge in [0.1, 0.15) is 5.75 Å². The summed E-state index contributed by atoms with van der Waals surface area (Å²) in [4.78, 5) is 15.2. The number of rotatable bonds is 8. The van der Waals surface area contributed by atoms with E-state index in [4.69, 9.17) is 16.3 Å². The first-order valence-corrected chi connectivity index (χ1v) is 10.4. The van der Waals surface area contributed by atoms with E-state index < -0.39 is 6.10 Å². The van der Waals surface area contributed by atoms with Crippen LogP contribution in [0.2, 0.25) is 5.02 Å². The van der Waals surface area contributed by atoms with Crippen LogP contribution in [-0.2, 0) is 17.9 Å². The zero-order valence-electron chi connectivity index (χ0n) is 16.7. The van der Waals surface area contributed by atoms with E-state index in [1.54, 1.807) is 12.1 Å². The Bertz CT molecular complexity index is 803. The summed E-state index contributed by atoms with van der Waals surface area (Å²) in [6.07, 6.45) is 2.63. The molecule has 1 atom stereocenters. The topological polar surface area (TPSA) is 41.6 Å². The number of likely N-dealkylation sites (tertiary alicyclic amines) is 1. The predicted molar refractivity (Wildman–Crippen MR) is 114 cm³/mol. The summed E-state index contributed by atoms with van der Waals surface area (Å²) >= 11 is 6.07. The van der Waals surface area contributed by atoms with Crippen molar-refractivity contribution >= 4 is 17.5 Å². The molecule has 4 nitrogen and oxygen atoms in total. The molecule has 3 rings (SSSR count). The van der Waals surface area contributed by atoms with Gasteiger partial charge < -0.3 is 10.1 Å². The van der Waals surface area contributed by atoms with Crippen LogP contribution < -0.4 is 10.1 Å². The van der Waals surface area contributed by atoms with Gasteiger partial charge in [0.25, 0.3) is 5.91 Å². The van der Waals surface area contributed by atoms with Gasteiger partial charge in [-0.05, 0) is 74.2 Å². The highest BCUT2D eigenvalue weighted by Crippen LogP contribution is 2.22. The van der Waals surface area contributed by atoms with Gasteiger partial charge in [0, 0.05) is 18.1 Å². The van der Waals surface area contributed by atoms with Crippen LogP contribution in [-0.4, -0.2) is 30.0 Å². The van der Waals surface area contributed by atoms with Gasteiger partial charge >= 0.3 is 0 Å². The van der Waals surface area contributed by atoms with Crippen molar-refractivity contribution in [1.29, 1.82) is 0 Å². The van der Waals surface area contributed by atoms with Crippen molar-refractivity contribution in [1.82, 2.24) is 10.2 Å². The monoisotopic (exact) mass is 400 g/mol. The Kier molecular flexibility index (Phi) is 7.35. The van der Waals surface area contributed by atoms with Crippen LogP contribution in [0, 0.1) is 6.92 Å². The molecular weight excluding hydrogens is 372 g/mol. The van der Waals surface area contributed by atoms with Gasteiger partial charge in [-0.15, -0.1) is 0 Å². The number of nitrogens with one attached hydrogen (secondary N) is 1. The van der Waals surface area contributed by atoms with Crippen molar-refractivity contribution in [3.8, 4) is 5.75 Å². The lowest BCUT2D eigenvalue weighted by molar-refractivity contribution is -0.128. The number of amides is 1. The number of hydrogen-bond acceptors (Lipinski definition) is 3. The van der Waals surface area contributed by atoms with Crippen LogP contribution in [0.25, 0.3) is 0 Å². The number of hydrogen-bond donors (Lipinski definition) is 1. The van der Waals surface area contributed by atoms with Crippen molar-refractivity contribution in [3.63, 3.8) is 0 Å². The first-order chi connectivity index (χ1) is 13.6. The molecule has 5 heteroatoms. The number of aryl methyl sites for hydroxylation is 1. The first-order valence-electron chi connectivity index (χ1n) is 10.1. The zero-order valence-corrected chi connectivity index (χ0v) is 17.5. The molecule has 28 heavy (non-hydrogen) atoms. The van der Waals surface area contributed by atoms with E-state index in [9.17, 15) is 4.79 Å². The fraction of sp³-hybridized carbons (Fsp3) is 0.435. The Hall–Kier alpha value is -2.04. The fourth-order valence-corrected chi connectivity index (χ4v) is 3.66. The van der Waals surface area contributed by atoms with Crippen LogP contribution in [0.5, 0.6) is 5.75 Å². The second kappa shape index (κ2) is 9.94. The van der Waals surface area contributed by atoms with E-state index >= 15 is 0 Å². The number of ether oxygens (including phenoxy) is 1. The van der Waals surface area contributed by atoms with Gasteiger partial charge in [-0.2, -0.15) is 0 Å². The number of halogens is 1. The summed E-state index contributed by atoms with van der Waals surface area (Å²) < 4.78 is 5.91. The van der Waals surface area contributed by atoms with E-state index in [1.165, 1.54) is 24.0 Å². The number of benzene rings is 2. The molecule has 1 amide bonds. The van der Waals surface area contributed by atoms with Crippen molar-refractivity contribution in [2.45, 2.75) is 52.3 Å². The fourth-order valence-electron chi connectivity index (χ4n) is 3.54. The highest BCUT2D eigenvalue weighted by atomic mass is 35.5. The van der Waals surface area contributed by atoms with Crippen molar-refractivity contribution < 1.29 is 9.53 Å². The van der Waals surface area contributed by atoms with E-state index in [1.807, 2.05) is 26.0 Å². The third kappa shape index (κ3) is 5.49. The Morgan fingerprint density at radius 2 is 1.89 bits per heavy atom. The highest BCUT2D eigenvalue weighted by Gasteiger charge is 2.19. The molecule has 2 aromatic carbocycles. The van der Waals surface area contributed by atoms with Gasteiger partial charge in [0.2, 0.25) is 0 Å². The minimum Gasteiger partial charge on any atom is -0.481 e. The maximum atomic E-state index is 12.7. The molecule has 150 valence electrons. The molecule has 0 aromatic heterocycles. The Labute approximate surface area is 172 Å². The molecule has 2 aromatic rings. The van der Waals surface area contributed by atoms with Crippen molar-refractivity contribution in [2.75, 3.05) is 13.1 Å². The summed E-state index contributed by atoms with van der Waals surface area (Å²) in [5, 5.41) is 3.75. The Morgan fingerprint density at radius 1 is 1.18 bits per heavy atom. The largest absolute Gasteiger partial charge is 0.481 e. The van der Waals surface area contributed by atoms with Crippen LogP contribution in [0.1, 0.15) is 42.9 Å². The van der Waals surface area contributed by atoms with Gasteiger partial charge in [0.05, 0.1) is 0 Å². The molecule has 0 aliphatic carbocycles. The van der Waals surface area contributed by atoms with Gasteiger partial charge in [-0.3, -0.25) is 9.69 Å². The van der Waals surface area contributed by atoms with Crippen LogP contribution in [0.15, 0.2) is 42.5 Å². The Morgan fingerprint density at radius 3 is 2.57 bits per heavy atom. The molecular formula is C23H29ClN2O2. The molecule has 1 heterocycles. The average molecular weight is 401 g/mol. The van der Waals surface area contributed by atoms with Gasteiger partial charge in [0.15, 0.2) is 6.10 Å². The minimum absolute atomic E-state index is 0.0916. The summed E-state index contributed by atoms with van der Waals surface area (Å²) in [6, 6.07) is 13.8. The number of nitrogens with zero attached hydrogens (tertiary/aromatic N) is 1. The summed E-state index contributed by atoms with van der Waals surface area (Å²) in [6.45, 7) is 7.66. The molecule has 1 fully saturated rings. The van der Waals surface area contributed by atoms with Crippen molar-refractivity contribution in [2.24, 2.45) is 0 Å². The second-order valence-electron chi connectivity index (χ2n) is 7.40. The van der Waals surface area contributed by atoms with Crippen LogP contribution in [0.4, 0.5) is 0 Å². The molecule has 0 spiro atoms. The molecule has 1 saturated heterocycles. The molecule has 0 unspecified atom stereocenters. The molecule has 0 bridgehead atoms. The van der Waals surface area contributed by atoms with Crippen LogP contribution in [0.3, 0.4) is 0 Å². The number of carbonyl (C=O) groups excluding carboxylic acids is 1. The van der Waals surface area contributed by atoms with Crippen LogP contribution >= 0.6 is 11.6 Å². The smallest absolute Gasteiger partial charge is 0.261 e. The molecule has 0 radical (unpaired) electrons. The second-order valence-corrected chi connectivity index (χ2v) is 7.80. The lowest BCUT2D eigenvalue weighted by Crippen LogP contribution is -2.37. The molecule has 1 N–H and O–H groups in total. The molecule has 0 saturated carbocycles.